The molecule has 6 saturated carbocycles. The van der Waals surface area contributed by atoms with Crippen molar-refractivity contribution in [1.29, 1.82) is 0 Å². The molecule has 12 unspecified atom stereocenters. The number of hydrogen-bond acceptors (Lipinski definition) is 7. The van der Waals surface area contributed by atoms with Crippen LogP contribution in [0.15, 0.2) is 0 Å². The second kappa shape index (κ2) is 8.94. The summed E-state index contributed by atoms with van der Waals surface area (Å²) in [5.74, 6) is 2.22. The van der Waals surface area contributed by atoms with E-state index < -0.39 is 21.8 Å². The molecule has 0 amide bonds. The lowest BCUT2D eigenvalue weighted by atomic mass is 9.46. The maximum atomic E-state index is 12.1. The Hall–Kier alpha value is -0.700. The molecule has 0 saturated heterocycles. The zero-order valence-electron chi connectivity index (χ0n) is 26.5. The van der Waals surface area contributed by atoms with Crippen molar-refractivity contribution in [3.8, 4) is 0 Å². The Balaban J connectivity index is 1.23. The number of fused-ring (bicyclic) bond motifs is 3. The topological polar surface area (TPSA) is 110 Å². The van der Waals surface area contributed by atoms with Crippen LogP contribution >= 0.6 is 0 Å². The smallest absolute Gasteiger partial charge is 0.303 e. The SMILES string of the molecule is CC(=O)OC(CCC1CC12C(O)CC1C3CCC4C(C)(C)C(OS(C)(=O)=O)CCC45C(C)C35CCC12C)C(C)(C)O. The second-order valence-electron chi connectivity index (χ2n) is 16.7. The zero-order chi connectivity index (χ0) is 30.2. The molecule has 0 aromatic carbocycles. The first-order valence-electron chi connectivity index (χ1n) is 16.2. The third-order valence-corrected chi connectivity index (χ3v) is 15.3. The van der Waals surface area contributed by atoms with Crippen LogP contribution in [0.3, 0.4) is 0 Å². The van der Waals surface area contributed by atoms with Crippen molar-refractivity contribution in [1.82, 2.24) is 0 Å². The third kappa shape index (κ3) is 3.91. The van der Waals surface area contributed by atoms with Gasteiger partial charge < -0.3 is 14.9 Å². The van der Waals surface area contributed by atoms with Gasteiger partial charge in [-0.3, -0.25) is 8.98 Å². The highest BCUT2D eigenvalue weighted by Crippen LogP contribution is 2.91. The lowest BCUT2D eigenvalue weighted by Gasteiger charge is -2.59. The molecule has 12 atom stereocenters. The second-order valence-corrected chi connectivity index (χ2v) is 18.3. The van der Waals surface area contributed by atoms with Crippen LogP contribution in [0.1, 0.15) is 113 Å². The number of aliphatic hydroxyl groups is 2. The Morgan fingerprint density at radius 2 is 1.71 bits per heavy atom. The van der Waals surface area contributed by atoms with Crippen molar-refractivity contribution >= 4 is 16.1 Å². The average Bonchev–Trinajstić information content (AvgIpc) is 3.67. The van der Waals surface area contributed by atoms with Crippen LogP contribution in [-0.4, -0.2) is 54.8 Å². The minimum absolute atomic E-state index is 0.0674. The molecular formula is C33H54O7S. The monoisotopic (exact) mass is 594 g/mol. The highest BCUT2D eigenvalue weighted by molar-refractivity contribution is 7.86. The summed E-state index contributed by atoms with van der Waals surface area (Å²) >= 11 is 0. The van der Waals surface area contributed by atoms with Crippen molar-refractivity contribution < 1.29 is 32.3 Å². The summed E-state index contributed by atoms with van der Waals surface area (Å²) in [5.41, 5.74) is -0.707. The highest BCUT2D eigenvalue weighted by Gasteiger charge is 2.87. The van der Waals surface area contributed by atoms with Crippen LogP contribution in [0.25, 0.3) is 0 Å². The fraction of sp³-hybridized carbons (Fsp3) is 0.970. The van der Waals surface area contributed by atoms with Crippen molar-refractivity contribution in [3.05, 3.63) is 0 Å². The van der Waals surface area contributed by atoms with Gasteiger partial charge in [-0.1, -0.05) is 27.7 Å². The standard InChI is InChI=1S/C33H54O7S/c1-19-31-16-15-30(7)23(17-25(35)33(30)18-21(33)9-12-27(29(5,6)36)39-20(2)34)22(31)10-11-24-28(3,4)26(40-41(8,37)38)13-14-32(19,24)31/h19,21-27,35-36H,9-18H2,1-8H3. The van der Waals surface area contributed by atoms with Gasteiger partial charge in [-0.2, -0.15) is 8.42 Å². The molecule has 0 heterocycles. The Bertz CT molecular complexity index is 1210. The maximum absolute atomic E-state index is 12.1. The molecule has 3 spiro atoms. The van der Waals surface area contributed by atoms with Gasteiger partial charge in [0.25, 0.3) is 10.1 Å². The van der Waals surface area contributed by atoms with E-state index in [2.05, 4.69) is 27.7 Å². The first kappa shape index (κ1) is 30.3. The quantitative estimate of drug-likeness (QED) is 0.297. The molecule has 6 aliphatic carbocycles. The molecule has 41 heavy (non-hydrogen) atoms. The maximum Gasteiger partial charge on any atom is 0.303 e. The fourth-order valence-electron chi connectivity index (χ4n) is 13.1. The summed E-state index contributed by atoms with van der Waals surface area (Å²) < 4.78 is 35.4. The molecule has 234 valence electrons. The van der Waals surface area contributed by atoms with Gasteiger partial charge in [-0.05, 0) is 129 Å². The van der Waals surface area contributed by atoms with Gasteiger partial charge in [-0.25, -0.2) is 0 Å². The predicted octanol–water partition coefficient (Wildman–Crippen LogP) is 5.47. The minimum Gasteiger partial charge on any atom is -0.460 e. The van der Waals surface area contributed by atoms with Gasteiger partial charge in [0.2, 0.25) is 0 Å². The zero-order valence-corrected chi connectivity index (χ0v) is 27.4. The Kier molecular flexibility index (Phi) is 6.61. The molecule has 2 N–H and O–H groups in total. The van der Waals surface area contributed by atoms with Gasteiger partial charge in [0.15, 0.2) is 0 Å². The highest BCUT2D eigenvalue weighted by atomic mass is 32.2. The van der Waals surface area contributed by atoms with E-state index in [0.29, 0.717) is 41.4 Å². The number of ether oxygens (including phenoxy) is 1. The van der Waals surface area contributed by atoms with Gasteiger partial charge in [-0.15, -0.1) is 0 Å². The summed E-state index contributed by atoms with van der Waals surface area (Å²) in [6.45, 7) is 14.3. The number of aliphatic hydroxyl groups excluding tert-OH is 1. The van der Waals surface area contributed by atoms with Crippen molar-refractivity contribution in [3.63, 3.8) is 0 Å². The summed E-state index contributed by atoms with van der Waals surface area (Å²) in [4.78, 5) is 11.7. The molecule has 6 rings (SSSR count). The lowest BCUT2D eigenvalue weighted by molar-refractivity contribution is -0.160. The summed E-state index contributed by atoms with van der Waals surface area (Å²) in [7, 11) is -3.51. The minimum atomic E-state index is -3.51. The van der Waals surface area contributed by atoms with Crippen molar-refractivity contribution in [2.24, 2.45) is 56.7 Å². The van der Waals surface area contributed by atoms with Crippen molar-refractivity contribution in [2.45, 2.75) is 137 Å². The van der Waals surface area contributed by atoms with E-state index >= 15 is 0 Å². The lowest BCUT2D eigenvalue weighted by Crippen LogP contribution is -2.55. The van der Waals surface area contributed by atoms with Crippen LogP contribution in [-0.2, 0) is 23.8 Å². The molecule has 0 bridgehead atoms. The van der Waals surface area contributed by atoms with Crippen LogP contribution in [0.4, 0.5) is 0 Å². The van der Waals surface area contributed by atoms with Gasteiger partial charge in [0.1, 0.15) is 6.10 Å². The summed E-state index contributed by atoms with van der Waals surface area (Å²) in [5, 5.41) is 22.4. The van der Waals surface area contributed by atoms with E-state index in [1.165, 1.54) is 19.6 Å². The summed E-state index contributed by atoms with van der Waals surface area (Å²) in [6.07, 6.45) is 9.94. The molecular weight excluding hydrogens is 540 g/mol. The molecule has 0 aromatic heterocycles. The molecule has 0 radical (unpaired) electrons. The number of esters is 1. The van der Waals surface area contributed by atoms with E-state index in [0.717, 1.165) is 51.4 Å². The van der Waals surface area contributed by atoms with Gasteiger partial charge >= 0.3 is 5.97 Å². The molecule has 0 aromatic rings. The Morgan fingerprint density at radius 1 is 1.02 bits per heavy atom. The average molecular weight is 595 g/mol. The van der Waals surface area contributed by atoms with Crippen LogP contribution in [0.2, 0.25) is 0 Å². The van der Waals surface area contributed by atoms with Gasteiger partial charge in [0, 0.05) is 12.3 Å². The van der Waals surface area contributed by atoms with E-state index in [4.69, 9.17) is 8.92 Å². The number of hydrogen-bond donors (Lipinski definition) is 2. The third-order valence-electron chi connectivity index (χ3n) is 14.7. The van der Waals surface area contributed by atoms with Gasteiger partial charge in [0.05, 0.1) is 24.1 Å². The molecule has 0 aliphatic heterocycles. The predicted molar refractivity (Wildman–Crippen MR) is 156 cm³/mol. The Labute approximate surface area is 247 Å². The Morgan fingerprint density at radius 3 is 2.32 bits per heavy atom. The van der Waals surface area contributed by atoms with Crippen LogP contribution in [0, 0.1) is 56.7 Å². The molecule has 6 fully saturated rings. The largest absolute Gasteiger partial charge is 0.460 e. The molecule has 6 aliphatic rings. The first-order valence-corrected chi connectivity index (χ1v) is 18.1. The number of carbonyl (C=O) groups excluding carboxylic acids is 1. The van der Waals surface area contributed by atoms with E-state index in [-0.39, 0.29) is 39.8 Å². The number of carbonyl (C=O) groups is 1. The van der Waals surface area contributed by atoms with E-state index in [1.807, 2.05) is 0 Å². The normalized spacial score (nSPS) is 50.2. The van der Waals surface area contributed by atoms with Crippen LogP contribution in [0.5, 0.6) is 0 Å². The number of rotatable bonds is 7. The van der Waals surface area contributed by atoms with Crippen LogP contribution < -0.4 is 0 Å². The van der Waals surface area contributed by atoms with Crippen molar-refractivity contribution in [2.75, 3.05) is 6.26 Å². The first-order chi connectivity index (χ1) is 18.8. The van der Waals surface area contributed by atoms with E-state index in [9.17, 15) is 23.4 Å². The molecule has 8 heteroatoms. The summed E-state index contributed by atoms with van der Waals surface area (Å²) in [6, 6.07) is 0. The fourth-order valence-corrected chi connectivity index (χ4v) is 13.9. The van der Waals surface area contributed by atoms with E-state index in [1.54, 1.807) is 13.8 Å². The molecule has 7 nitrogen and oxygen atoms in total.